The smallest absolute Gasteiger partial charge is 0.261 e. The lowest BCUT2D eigenvalue weighted by atomic mass is 9.77. The van der Waals surface area contributed by atoms with Crippen LogP contribution < -0.4 is 0 Å². The first-order valence-corrected chi connectivity index (χ1v) is 6.81. The van der Waals surface area contributed by atoms with Crippen molar-refractivity contribution in [2.45, 2.75) is 33.6 Å². The van der Waals surface area contributed by atoms with Crippen molar-refractivity contribution in [2.24, 2.45) is 10.8 Å². The Bertz CT molecular complexity index is 529. The predicted molar refractivity (Wildman–Crippen MR) is 72.9 cm³/mol. The molecule has 1 saturated carbocycles. The molecule has 2 amide bonds. The van der Waals surface area contributed by atoms with Crippen LogP contribution in [-0.2, 0) is 0 Å². The molecule has 0 saturated heterocycles. The molecule has 0 spiro atoms. The lowest BCUT2D eigenvalue weighted by Gasteiger charge is -2.33. The van der Waals surface area contributed by atoms with Gasteiger partial charge in [0.25, 0.3) is 11.8 Å². The van der Waals surface area contributed by atoms with Crippen molar-refractivity contribution >= 4 is 11.8 Å². The van der Waals surface area contributed by atoms with Gasteiger partial charge in [0.05, 0.1) is 11.1 Å². The summed E-state index contributed by atoms with van der Waals surface area (Å²) in [6.07, 6.45) is 2.20. The molecule has 100 valence electrons. The average Bonchev–Trinajstić information content (AvgIpc) is 3.10. The summed E-state index contributed by atoms with van der Waals surface area (Å²) in [5.41, 5.74) is 1.34. The lowest BCUT2D eigenvalue weighted by molar-refractivity contribution is 0.0559. The minimum Gasteiger partial charge on any atom is -0.274 e. The van der Waals surface area contributed by atoms with Gasteiger partial charge in [0, 0.05) is 6.54 Å². The normalized spacial score (nSPS) is 20.7. The van der Waals surface area contributed by atoms with E-state index in [4.69, 9.17) is 0 Å². The highest BCUT2D eigenvalue weighted by Crippen LogP contribution is 2.59. The Kier molecular flexibility index (Phi) is 2.40. The first kappa shape index (κ1) is 12.4. The van der Waals surface area contributed by atoms with Gasteiger partial charge in [0.1, 0.15) is 0 Å². The first-order valence-electron chi connectivity index (χ1n) is 6.81. The molecule has 2 aliphatic rings. The lowest BCUT2D eigenvalue weighted by Crippen LogP contribution is -2.40. The van der Waals surface area contributed by atoms with Crippen molar-refractivity contribution in [3.63, 3.8) is 0 Å². The summed E-state index contributed by atoms with van der Waals surface area (Å²) in [6, 6.07) is 7.10. The Morgan fingerprint density at radius 2 is 1.53 bits per heavy atom. The van der Waals surface area contributed by atoms with E-state index in [0.29, 0.717) is 17.7 Å². The van der Waals surface area contributed by atoms with Crippen LogP contribution in [0.4, 0.5) is 0 Å². The van der Waals surface area contributed by atoms with Crippen LogP contribution in [-0.4, -0.2) is 23.3 Å². The van der Waals surface area contributed by atoms with Gasteiger partial charge in [-0.1, -0.05) is 32.9 Å². The first-order chi connectivity index (χ1) is 8.86. The molecule has 19 heavy (non-hydrogen) atoms. The van der Waals surface area contributed by atoms with Gasteiger partial charge in [-0.05, 0) is 35.8 Å². The van der Waals surface area contributed by atoms with Crippen molar-refractivity contribution < 1.29 is 9.59 Å². The zero-order chi connectivity index (χ0) is 13.8. The van der Waals surface area contributed by atoms with Gasteiger partial charge in [0.2, 0.25) is 0 Å². The van der Waals surface area contributed by atoms with Crippen molar-refractivity contribution in [3.05, 3.63) is 35.4 Å². The van der Waals surface area contributed by atoms with Gasteiger partial charge < -0.3 is 0 Å². The van der Waals surface area contributed by atoms with Gasteiger partial charge in [0.15, 0.2) is 0 Å². The van der Waals surface area contributed by atoms with Crippen molar-refractivity contribution in [3.8, 4) is 0 Å². The SMILES string of the molecule is CC(C)(C)C1(CN2C(=O)c3ccccc3C2=O)CC1. The molecule has 0 bridgehead atoms. The molecular weight excluding hydrogens is 238 g/mol. The Morgan fingerprint density at radius 3 is 1.89 bits per heavy atom. The number of nitrogens with zero attached hydrogens (tertiary/aromatic N) is 1. The van der Waals surface area contributed by atoms with Crippen LogP contribution in [0.3, 0.4) is 0 Å². The fourth-order valence-electron chi connectivity index (χ4n) is 2.98. The van der Waals surface area contributed by atoms with Crippen LogP contribution in [0, 0.1) is 10.8 Å². The molecule has 0 atom stereocenters. The number of carbonyl (C=O) groups excluding carboxylic acids is 2. The molecule has 1 fully saturated rings. The fourth-order valence-corrected chi connectivity index (χ4v) is 2.98. The molecule has 1 aliphatic carbocycles. The second-order valence-corrected chi connectivity index (χ2v) is 6.77. The van der Waals surface area contributed by atoms with Crippen LogP contribution in [0.5, 0.6) is 0 Å². The summed E-state index contributed by atoms with van der Waals surface area (Å²) >= 11 is 0. The minimum absolute atomic E-state index is 0.111. The van der Waals surface area contributed by atoms with E-state index in [2.05, 4.69) is 20.8 Å². The second-order valence-electron chi connectivity index (χ2n) is 6.77. The van der Waals surface area contributed by atoms with Gasteiger partial charge in [-0.3, -0.25) is 14.5 Å². The van der Waals surface area contributed by atoms with Crippen LogP contribution >= 0.6 is 0 Å². The van der Waals surface area contributed by atoms with E-state index < -0.39 is 0 Å². The summed E-state index contributed by atoms with van der Waals surface area (Å²) in [5, 5.41) is 0. The number of amides is 2. The molecule has 0 radical (unpaired) electrons. The highest BCUT2D eigenvalue weighted by molar-refractivity contribution is 6.21. The molecule has 1 aliphatic heterocycles. The molecule has 0 aromatic heterocycles. The van der Waals surface area contributed by atoms with Gasteiger partial charge in [-0.25, -0.2) is 0 Å². The predicted octanol–water partition coefficient (Wildman–Crippen LogP) is 3.11. The van der Waals surface area contributed by atoms with Crippen LogP contribution in [0.15, 0.2) is 24.3 Å². The zero-order valence-electron chi connectivity index (χ0n) is 11.7. The van der Waals surface area contributed by atoms with E-state index in [9.17, 15) is 9.59 Å². The van der Waals surface area contributed by atoms with Crippen LogP contribution in [0.25, 0.3) is 0 Å². The summed E-state index contributed by atoms with van der Waals surface area (Å²) in [6.45, 7) is 7.14. The zero-order valence-corrected chi connectivity index (χ0v) is 11.7. The largest absolute Gasteiger partial charge is 0.274 e. The average molecular weight is 257 g/mol. The Morgan fingerprint density at radius 1 is 1.05 bits per heavy atom. The van der Waals surface area contributed by atoms with E-state index in [0.717, 1.165) is 12.8 Å². The third kappa shape index (κ3) is 1.71. The molecule has 3 rings (SSSR count). The van der Waals surface area contributed by atoms with Crippen molar-refractivity contribution in [1.82, 2.24) is 4.90 Å². The van der Waals surface area contributed by atoms with E-state index in [1.54, 1.807) is 12.1 Å². The topological polar surface area (TPSA) is 37.4 Å². The van der Waals surface area contributed by atoms with Crippen LogP contribution in [0.2, 0.25) is 0 Å². The van der Waals surface area contributed by atoms with E-state index >= 15 is 0 Å². The number of benzene rings is 1. The van der Waals surface area contributed by atoms with Gasteiger partial charge in [-0.15, -0.1) is 0 Å². The minimum atomic E-state index is -0.129. The van der Waals surface area contributed by atoms with E-state index in [1.165, 1.54) is 4.90 Å². The number of hydrogen-bond donors (Lipinski definition) is 0. The standard InChI is InChI=1S/C16H19NO2/c1-15(2,3)16(8-9-16)10-17-13(18)11-6-4-5-7-12(11)14(17)19/h4-7H,8-10H2,1-3H3. The molecule has 0 N–H and O–H groups in total. The van der Waals surface area contributed by atoms with E-state index in [-0.39, 0.29) is 22.6 Å². The monoisotopic (exact) mass is 257 g/mol. The Labute approximate surface area is 113 Å². The molecule has 3 nitrogen and oxygen atoms in total. The number of carbonyl (C=O) groups is 2. The third-order valence-electron chi connectivity index (χ3n) is 4.78. The maximum atomic E-state index is 12.3. The number of fused-ring (bicyclic) bond motifs is 1. The summed E-state index contributed by atoms with van der Waals surface area (Å²) in [4.78, 5) is 26.1. The van der Waals surface area contributed by atoms with Gasteiger partial charge in [-0.2, -0.15) is 0 Å². The second kappa shape index (κ2) is 3.69. The summed E-state index contributed by atoms with van der Waals surface area (Å²) in [5.74, 6) is -0.257. The van der Waals surface area contributed by atoms with Crippen molar-refractivity contribution in [2.75, 3.05) is 6.54 Å². The molecule has 1 heterocycles. The Hall–Kier alpha value is -1.64. The highest BCUT2D eigenvalue weighted by atomic mass is 16.2. The number of hydrogen-bond acceptors (Lipinski definition) is 2. The fraction of sp³-hybridized carbons (Fsp3) is 0.500. The molecule has 1 aromatic rings. The molecule has 3 heteroatoms. The van der Waals surface area contributed by atoms with E-state index in [1.807, 2.05) is 12.1 Å². The maximum Gasteiger partial charge on any atom is 0.261 e. The maximum absolute atomic E-state index is 12.3. The van der Waals surface area contributed by atoms with Crippen LogP contribution in [0.1, 0.15) is 54.3 Å². The Balaban J connectivity index is 1.90. The molecular formula is C16H19NO2. The van der Waals surface area contributed by atoms with Gasteiger partial charge >= 0.3 is 0 Å². The highest BCUT2D eigenvalue weighted by Gasteiger charge is 2.54. The third-order valence-corrected chi connectivity index (χ3v) is 4.78. The summed E-state index contributed by atoms with van der Waals surface area (Å²) in [7, 11) is 0. The number of rotatable bonds is 2. The molecule has 1 aromatic carbocycles. The van der Waals surface area contributed by atoms with Crippen molar-refractivity contribution in [1.29, 1.82) is 0 Å². The molecule has 0 unspecified atom stereocenters. The quantitative estimate of drug-likeness (QED) is 0.763. The number of imide groups is 1. The summed E-state index contributed by atoms with van der Waals surface area (Å²) < 4.78 is 0.